The first-order valence-electron chi connectivity index (χ1n) is 4.35. The minimum Gasteiger partial charge on any atom is -0.0914 e. The average Bonchev–Trinajstić information content (AvgIpc) is 1.89. The standard InChI is InChI=1S/C10H20/c1-5-7-9(3)10(4)8-6-2/h5,7,9-10H,6,8H2,1-4H3/b7-5-/t9?,10-/m1/s1. The lowest BCUT2D eigenvalue weighted by Crippen LogP contribution is -2.03. The molecule has 0 aromatic heterocycles. The highest BCUT2D eigenvalue weighted by molar-refractivity contribution is 4.85. The Morgan fingerprint density at radius 3 is 2.30 bits per heavy atom. The normalized spacial score (nSPS) is 17.6. The van der Waals surface area contributed by atoms with Crippen molar-refractivity contribution in [3.05, 3.63) is 12.2 Å². The molecule has 0 radical (unpaired) electrons. The third-order valence-electron chi connectivity index (χ3n) is 2.14. The third-order valence-corrected chi connectivity index (χ3v) is 2.14. The van der Waals surface area contributed by atoms with Crippen molar-refractivity contribution in [1.29, 1.82) is 0 Å². The molecule has 0 heteroatoms. The van der Waals surface area contributed by atoms with Gasteiger partial charge in [-0.25, -0.2) is 0 Å². The third kappa shape index (κ3) is 3.71. The van der Waals surface area contributed by atoms with Crippen LogP contribution in [0, 0.1) is 11.8 Å². The second kappa shape index (κ2) is 5.52. The highest BCUT2D eigenvalue weighted by atomic mass is 14.1. The molecule has 0 aliphatic rings. The Bertz CT molecular complexity index is 92.2. The molecular formula is C10H20. The molecule has 0 rings (SSSR count). The van der Waals surface area contributed by atoms with Crippen LogP contribution in [0.2, 0.25) is 0 Å². The van der Waals surface area contributed by atoms with E-state index in [4.69, 9.17) is 0 Å². The fourth-order valence-electron chi connectivity index (χ4n) is 1.21. The summed E-state index contributed by atoms with van der Waals surface area (Å²) in [5.41, 5.74) is 0. The second-order valence-corrected chi connectivity index (χ2v) is 3.15. The van der Waals surface area contributed by atoms with Crippen molar-refractivity contribution in [2.75, 3.05) is 0 Å². The lowest BCUT2D eigenvalue weighted by molar-refractivity contribution is 0.423. The molecule has 0 spiro atoms. The van der Waals surface area contributed by atoms with Crippen molar-refractivity contribution < 1.29 is 0 Å². The maximum atomic E-state index is 2.33. The summed E-state index contributed by atoms with van der Waals surface area (Å²) in [5.74, 6) is 1.60. The topological polar surface area (TPSA) is 0 Å². The predicted molar refractivity (Wildman–Crippen MR) is 48.1 cm³/mol. The number of hydrogen-bond acceptors (Lipinski definition) is 0. The van der Waals surface area contributed by atoms with E-state index in [0.29, 0.717) is 0 Å². The van der Waals surface area contributed by atoms with Crippen molar-refractivity contribution >= 4 is 0 Å². The first kappa shape index (κ1) is 9.74. The summed E-state index contributed by atoms with van der Waals surface area (Å²) in [5, 5.41) is 0. The Hall–Kier alpha value is -0.260. The van der Waals surface area contributed by atoms with Gasteiger partial charge in [0.2, 0.25) is 0 Å². The van der Waals surface area contributed by atoms with Gasteiger partial charge in [0.25, 0.3) is 0 Å². The van der Waals surface area contributed by atoms with Gasteiger partial charge in [-0.3, -0.25) is 0 Å². The van der Waals surface area contributed by atoms with Crippen LogP contribution in [0.25, 0.3) is 0 Å². The fourth-order valence-corrected chi connectivity index (χ4v) is 1.21. The SMILES string of the molecule is C/C=C\C(C)[C@H](C)CCC. The van der Waals surface area contributed by atoms with Gasteiger partial charge in [-0.1, -0.05) is 45.8 Å². The molecule has 0 aliphatic heterocycles. The summed E-state index contributed by atoms with van der Waals surface area (Å²) in [6, 6.07) is 0. The highest BCUT2D eigenvalue weighted by Crippen LogP contribution is 2.17. The van der Waals surface area contributed by atoms with Crippen LogP contribution < -0.4 is 0 Å². The van der Waals surface area contributed by atoms with Gasteiger partial charge in [-0.15, -0.1) is 0 Å². The predicted octanol–water partition coefficient (Wildman–Crippen LogP) is 3.63. The van der Waals surface area contributed by atoms with Crippen LogP contribution in [0.5, 0.6) is 0 Å². The molecule has 10 heavy (non-hydrogen) atoms. The van der Waals surface area contributed by atoms with Gasteiger partial charge in [0.1, 0.15) is 0 Å². The van der Waals surface area contributed by atoms with Gasteiger partial charge in [0.05, 0.1) is 0 Å². The molecule has 0 saturated carbocycles. The molecular weight excluding hydrogens is 120 g/mol. The maximum absolute atomic E-state index is 2.33. The monoisotopic (exact) mass is 140 g/mol. The molecule has 0 fully saturated rings. The van der Waals surface area contributed by atoms with Gasteiger partial charge in [-0.05, 0) is 18.8 Å². The van der Waals surface area contributed by atoms with E-state index in [1.807, 2.05) is 0 Å². The zero-order valence-electron chi connectivity index (χ0n) is 7.72. The molecule has 0 aromatic carbocycles. The van der Waals surface area contributed by atoms with Crippen LogP contribution in [-0.2, 0) is 0 Å². The van der Waals surface area contributed by atoms with Crippen LogP contribution >= 0.6 is 0 Å². The average molecular weight is 140 g/mol. The molecule has 0 heterocycles. The maximum Gasteiger partial charge on any atom is -0.0236 e. The summed E-state index contributed by atoms with van der Waals surface area (Å²) < 4.78 is 0. The van der Waals surface area contributed by atoms with Gasteiger partial charge in [0.15, 0.2) is 0 Å². The summed E-state index contributed by atoms with van der Waals surface area (Å²) >= 11 is 0. The van der Waals surface area contributed by atoms with E-state index in [9.17, 15) is 0 Å². The minimum absolute atomic E-state index is 0.755. The molecule has 0 nitrogen and oxygen atoms in total. The molecule has 0 saturated heterocycles. The Balaban J connectivity index is 3.58. The summed E-state index contributed by atoms with van der Waals surface area (Å²) in [6.45, 7) is 8.96. The van der Waals surface area contributed by atoms with Gasteiger partial charge in [-0.2, -0.15) is 0 Å². The molecule has 0 bridgehead atoms. The van der Waals surface area contributed by atoms with Crippen LogP contribution in [0.3, 0.4) is 0 Å². The van der Waals surface area contributed by atoms with Gasteiger partial charge >= 0.3 is 0 Å². The Morgan fingerprint density at radius 2 is 1.90 bits per heavy atom. The first-order chi connectivity index (χ1) is 4.72. The van der Waals surface area contributed by atoms with E-state index >= 15 is 0 Å². The zero-order valence-corrected chi connectivity index (χ0v) is 7.72. The highest BCUT2D eigenvalue weighted by Gasteiger charge is 2.06. The minimum atomic E-state index is 0.755. The lowest BCUT2D eigenvalue weighted by atomic mass is 9.92. The smallest absolute Gasteiger partial charge is 0.0236 e. The van der Waals surface area contributed by atoms with Crippen LogP contribution in [-0.4, -0.2) is 0 Å². The molecule has 0 N–H and O–H groups in total. The van der Waals surface area contributed by atoms with Gasteiger partial charge < -0.3 is 0 Å². The molecule has 2 atom stereocenters. The summed E-state index contributed by atoms with van der Waals surface area (Å²) in [4.78, 5) is 0. The van der Waals surface area contributed by atoms with E-state index in [0.717, 1.165) is 11.8 Å². The number of allylic oxidation sites excluding steroid dienone is 2. The molecule has 1 unspecified atom stereocenters. The second-order valence-electron chi connectivity index (χ2n) is 3.15. The first-order valence-corrected chi connectivity index (χ1v) is 4.35. The summed E-state index contributed by atoms with van der Waals surface area (Å²) in [6.07, 6.45) is 7.10. The van der Waals surface area contributed by atoms with Crippen LogP contribution in [0.15, 0.2) is 12.2 Å². The molecule has 60 valence electrons. The largest absolute Gasteiger partial charge is 0.0914 e. The van der Waals surface area contributed by atoms with Crippen molar-refractivity contribution in [2.45, 2.75) is 40.5 Å². The van der Waals surface area contributed by atoms with Crippen molar-refractivity contribution in [3.63, 3.8) is 0 Å². The van der Waals surface area contributed by atoms with E-state index < -0.39 is 0 Å². The molecule has 0 amide bonds. The van der Waals surface area contributed by atoms with Crippen LogP contribution in [0.4, 0.5) is 0 Å². The Kier molecular flexibility index (Phi) is 5.38. The Morgan fingerprint density at radius 1 is 1.30 bits per heavy atom. The van der Waals surface area contributed by atoms with E-state index in [-0.39, 0.29) is 0 Å². The van der Waals surface area contributed by atoms with Crippen molar-refractivity contribution in [1.82, 2.24) is 0 Å². The van der Waals surface area contributed by atoms with E-state index in [2.05, 4.69) is 39.8 Å². The van der Waals surface area contributed by atoms with Crippen LogP contribution in [0.1, 0.15) is 40.5 Å². The van der Waals surface area contributed by atoms with E-state index in [1.165, 1.54) is 12.8 Å². The fraction of sp³-hybridized carbons (Fsp3) is 0.800. The van der Waals surface area contributed by atoms with Crippen molar-refractivity contribution in [2.24, 2.45) is 11.8 Å². The zero-order chi connectivity index (χ0) is 7.98. The number of hydrogen-bond donors (Lipinski definition) is 0. The Labute approximate surface area is 65.3 Å². The quantitative estimate of drug-likeness (QED) is 0.523. The number of rotatable bonds is 4. The molecule has 0 aliphatic carbocycles. The summed E-state index contributed by atoms with van der Waals surface area (Å²) in [7, 11) is 0. The molecule has 0 aromatic rings. The van der Waals surface area contributed by atoms with Gasteiger partial charge in [0, 0.05) is 0 Å². The lowest BCUT2D eigenvalue weighted by Gasteiger charge is -2.14. The van der Waals surface area contributed by atoms with E-state index in [1.54, 1.807) is 0 Å². The van der Waals surface area contributed by atoms with Crippen molar-refractivity contribution in [3.8, 4) is 0 Å².